The second-order valence-electron chi connectivity index (χ2n) is 7.44. The highest BCUT2D eigenvalue weighted by Crippen LogP contribution is 2.33. The van der Waals surface area contributed by atoms with Gasteiger partial charge >= 0.3 is 0 Å². The van der Waals surface area contributed by atoms with Crippen LogP contribution in [0.5, 0.6) is 0 Å². The molecule has 28 heavy (non-hydrogen) atoms. The van der Waals surface area contributed by atoms with E-state index in [1.165, 1.54) is 0 Å². The standard InChI is InChI=1S/C22H24N4O2/c1-13(19-14(2)26(3)18-10-5-4-9-16(18)19)20-22(28)24-17(21(27)25-20)12-15-8-6-7-11-23-15/h4-11,13,17,20H,12H2,1-3H3,(H,24,28)(H,25,27)/t13-,17-,20-/m1/s1. The number of hydrogen-bond acceptors (Lipinski definition) is 3. The Hall–Kier alpha value is -3.15. The van der Waals surface area contributed by atoms with Crippen LogP contribution in [0.2, 0.25) is 0 Å². The van der Waals surface area contributed by atoms with Crippen LogP contribution in [0.25, 0.3) is 10.9 Å². The molecule has 0 spiro atoms. The van der Waals surface area contributed by atoms with Crippen molar-refractivity contribution in [2.45, 2.75) is 38.3 Å². The molecule has 2 amide bonds. The number of aryl methyl sites for hydroxylation is 1. The van der Waals surface area contributed by atoms with E-state index >= 15 is 0 Å². The number of piperazine rings is 1. The Balaban J connectivity index is 1.59. The molecule has 1 aliphatic rings. The van der Waals surface area contributed by atoms with Crippen LogP contribution in [0, 0.1) is 6.92 Å². The van der Waals surface area contributed by atoms with Gasteiger partial charge in [0.1, 0.15) is 12.1 Å². The molecule has 6 heteroatoms. The van der Waals surface area contributed by atoms with Crippen LogP contribution in [-0.4, -0.2) is 33.4 Å². The summed E-state index contributed by atoms with van der Waals surface area (Å²) < 4.78 is 2.13. The summed E-state index contributed by atoms with van der Waals surface area (Å²) in [4.78, 5) is 29.8. The van der Waals surface area contributed by atoms with Gasteiger partial charge < -0.3 is 15.2 Å². The van der Waals surface area contributed by atoms with Gasteiger partial charge in [-0.1, -0.05) is 31.2 Å². The summed E-state index contributed by atoms with van der Waals surface area (Å²) in [5.74, 6) is -0.466. The van der Waals surface area contributed by atoms with Crippen LogP contribution in [0.3, 0.4) is 0 Å². The number of carbonyl (C=O) groups excluding carboxylic acids is 2. The molecular formula is C22H24N4O2. The third-order valence-corrected chi connectivity index (χ3v) is 5.76. The maximum absolute atomic E-state index is 12.9. The quantitative estimate of drug-likeness (QED) is 0.733. The summed E-state index contributed by atoms with van der Waals surface area (Å²) in [6.07, 6.45) is 2.07. The Morgan fingerprint density at radius 1 is 1.07 bits per heavy atom. The van der Waals surface area contributed by atoms with Crippen LogP contribution in [-0.2, 0) is 23.1 Å². The first-order valence-electron chi connectivity index (χ1n) is 9.52. The molecular weight excluding hydrogens is 352 g/mol. The number of aromatic nitrogens is 2. The van der Waals surface area contributed by atoms with Gasteiger partial charge in [0.05, 0.1) is 0 Å². The number of rotatable bonds is 4. The van der Waals surface area contributed by atoms with E-state index in [4.69, 9.17) is 0 Å². The van der Waals surface area contributed by atoms with Crippen LogP contribution < -0.4 is 10.6 Å². The summed E-state index contributed by atoms with van der Waals surface area (Å²) in [5, 5.41) is 6.96. The summed E-state index contributed by atoms with van der Waals surface area (Å²) in [5.41, 5.74) is 4.10. The zero-order valence-electron chi connectivity index (χ0n) is 16.3. The van der Waals surface area contributed by atoms with Crippen LogP contribution >= 0.6 is 0 Å². The molecule has 144 valence electrons. The monoisotopic (exact) mass is 376 g/mol. The molecule has 4 rings (SSSR count). The van der Waals surface area contributed by atoms with Crippen molar-refractivity contribution in [2.24, 2.45) is 7.05 Å². The van der Waals surface area contributed by atoms with Gasteiger partial charge in [0, 0.05) is 47.9 Å². The Kier molecular flexibility index (Phi) is 4.63. The molecule has 0 saturated carbocycles. The number of para-hydroxylation sites is 1. The average molecular weight is 376 g/mol. The van der Waals surface area contributed by atoms with Crippen LogP contribution in [0.4, 0.5) is 0 Å². The highest BCUT2D eigenvalue weighted by molar-refractivity contribution is 5.98. The van der Waals surface area contributed by atoms with Gasteiger partial charge in [-0.25, -0.2) is 0 Å². The van der Waals surface area contributed by atoms with Gasteiger partial charge in [-0.05, 0) is 30.7 Å². The van der Waals surface area contributed by atoms with E-state index in [2.05, 4.69) is 39.2 Å². The third-order valence-electron chi connectivity index (χ3n) is 5.76. The van der Waals surface area contributed by atoms with Gasteiger partial charge in [0.25, 0.3) is 0 Å². The van der Waals surface area contributed by atoms with E-state index in [9.17, 15) is 9.59 Å². The number of pyridine rings is 1. The third kappa shape index (κ3) is 3.05. The summed E-state index contributed by atoms with van der Waals surface area (Å²) in [6.45, 7) is 4.05. The lowest BCUT2D eigenvalue weighted by Crippen LogP contribution is -2.63. The van der Waals surface area contributed by atoms with E-state index < -0.39 is 12.1 Å². The number of carbonyl (C=O) groups is 2. The maximum Gasteiger partial charge on any atom is 0.243 e. The van der Waals surface area contributed by atoms with Gasteiger partial charge in [0.2, 0.25) is 11.8 Å². The molecule has 1 fully saturated rings. The van der Waals surface area contributed by atoms with E-state index in [0.717, 1.165) is 27.9 Å². The van der Waals surface area contributed by atoms with E-state index in [0.29, 0.717) is 6.42 Å². The van der Waals surface area contributed by atoms with Crippen molar-refractivity contribution in [1.82, 2.24) is 20.2 Å². The predicted octanol–water partition coefficient (Wildman–Crippen LogP) is 2.21. The van der Waals surface area contributed by atoms with Gasteiger partial charge in [0.15, 0.2) is 0 Å². The normalized spacial score (nSPS) is 20.7. The molecule has 2 aromatic heterocycles. The fourth-order valence-electron chi connectivity index (χ4n) is 4.16. The van der Waals surface area contributed by atoms with Gasteiger partial charge in [-0.3, -0.25) is 14.6 Å². The molecule has 3 aromatic rings. The molecule has 1 aliphatic heterocycles. The number of fused-ring (bicyclic) bond motifs is 1. The lowest BCUT2D eigenvalue weighted by molar-refractivity contribution is -0.137. The highest BCUT2D eigenvalue weighted by atomic mass is 16.2. The van der Waals surface area contributed by atoms with Crippen LogP contribution in [0.1, 0.15) is 29.8 Å². The first kappa shape index (κ1) is 18.2. The minimum absolute atomic E-state index is 0.147. The Morgan fingerprint density at radius 3 is 2.57 bits per heavy atom. The molecule has 1 saturated heterocycles. The smallest absolute Gasteiger partial charge is 0.243 e. The van der Waals surface area contributed by atoms with Crippen molar-refractivity contribution in [2.75, 3.05) is 0 Å². The Labute approximate surface area is 164 Å². The fraction of sp³-hybridized carbons (Fsp3) is 0.318. The SMILES string of the molecule is Cc1c([C@@H](C)[C@H]2NC(=O)[C@@H](Cc3ccccn3)NC2=O)c2ccccc2n1C. The molecule has 0 bridgehead atoms. The van der Waals surface area contributed by atoms with Crippen molar-refractivity contribution in [3.63, 3.8) is 0 Å². The van der Waals surface area contributed by atoms with E-state index in [1.54, 1.807) is 6.20 Å². The molecule has 0 radical (unpaired) electrons. The fourth-order valence-corrected chi connectivity index (χ4v) is 4.16. The zero-order chi connectivity index (χ0) is 19.8. The largest absolute Gasteiger partial charge is 0.348 e. The molecule has 0 unspecified atom stereocenters. The van der Waals surface area contributed by atoms with Crippen molar-refractivity contribution in [3.05, 3.63) is 65.6 Å². The zero-order valence-corrected chi connectivity index (χ0v) is 16.3. The molecule has 3 heterocycles. The summed E-state index contributed by atoms with van der Waals surface area (Å²) in [6, 6.07) is 12.5. The maximum atomic E-state index is 12.9. The van der Waals surface area contributed by atoms with Crippen LogP contribution in [0.15, 0.2) is 48.7 Å². The Bertz CT molecular complexity index is 1040. The second-order valence-corrected chi connectivity index (χ2v) is 7.44. The van der Waals surface area contributed by atoms with Gasteiger partial charge in [-0.15, -0.1) is 0 Å². The number of nitrogens with zero attached hydrogens (tertiary/aromatic N) is 2. The average Bonchev–Trinajstić information content (AvgIpc) is 2.95. The molecule has 0 aliphatic carbocycles. The van der Waals surface area contributed by atoms with Crippen molar-refractivity contribution >= 4 is 22.7 Å². The van der Waals surface area contributed by atoms with Crippen molar-refractivity contribution < 1.29 is 9.59 Å². The number of hydrogen-bond donors (Lipinski definition) is 2. The lowest BCUT2D eigenvalue weighted by Gasteiger charge is -2.33. The second kappa shape index (κ2) is 7.11. The molecule has 3 atom stereocenters. The Morgan fingerprint density at radius 2 is 1.82 bits per heavy atom. The molecule has 2 N–H and O–H groups in total. The first-order valence-corrected chi connectivity index (χ1v) is 9.52. The highest BCUT2D eigenvalue weighted by Gasteiger charge is 2.38. The number of nitrogens with one attached hydrogen (secondary N) is 2. The van der Waals surface area contributed by atoms with Crippen molar-refractivity contribution in [3.8, 4) is 0 Å². The topological polar surface area (TPSA) is 76.0 Å². The minimum Gasteiger partial charge on any atom is -0.348 e. The van der Waals surface area contributed by atoms with Gasteiger partial charge in [-0.2, -0.15) is 0 Å². The number of amides is 2. The predicted molar refractivity (Wildman–Crippen MR) is 108 cm³/mol. The van der Waals surface area contributed by atoms with E-state index in [1.807, 2.05) is 44.3 Å². The minimum atomic E-state index is -0.600. The van der Waals surface area contributed by atoms with E-state index in [-0.39, 0.29) is 17.7 Å². The first-order chi connectivity index (χ1) is 13.5. The molecule has 1 aromatic carbocycles. The summed E-state index contributed by atoms with van der Waals surface area (Å²) >= 11 is 0. The van der Waals surface area contributed by atoms with Crippen molar-refractivity contribution in [1.29, 1.82) is 0 Å². The molecule has 6 nitrogen and oxygen atoms in total. The summed E-state index contributed by atoms with van der Waals surface area (Å²) in [7, 11) is 2.02. The number of benzene rings is 1. The lowest BCUT2D eigenvalue weighted by atomic mass is 9.88.